The van der Waals surface area contributed by atoms with Gasteiger partial charge in [0.2, 0.25) is 15.9 Å². The summed E-state index contributed by atoms with van der Waals surface area (Å²) in [5.41, 5.74) is 5.45. The lowest BCUT2D eigenvalue weighted by Crippen LogP contribution is -2.30. The van der Waals surface area contributed by atoms with Crippen molar-refractivity contribution >= 4 is 15.9 Å². The third-order valence-corrected chi connectivity index (χ3v) is 4.73. The van der Waals surface area contributed by atoms with Crippen LogP contribution in [-0.2, 0) is 14.8 Å². The number of sulfonamides is 1. The van der Waals surface area contributed by atoms with E-state index in [0.717, 1.165) is 0 Å². The highest BCUT2D eigenvalue weighted by molar-refractivity contribution is 7.89. The molecule has 1 amide bonds. The molecule has 0 radical (unpaired) electrons. The van der Waals surface area contributed by atoms with Crippen LogP contribution in [0.4, 0.5) is 0 Å². The molecule has 19 heavy (non-hydrogen) atoms. The second-order valence-corrected chi connectivity index (χ2v) is 6.00. The summed E-state index contributed by atoms with van der Waals surface area (Å²) in [5.74, 6) is -0.0104. The molecule has 0 unspecified atom stereocenters. The Morgan fingerprint density at radius 2 is 1.95 bits per heavy atom. The molecule has 1 aliphatic rings. The topological polar surface area (TPSA) is 89.7 Å². The number of ether oxygens (including phenoxy) is 1. The maximum absolute atomic E-state index is 12.3. The first-order valence-corrected chi connectivity index (χ1v) is 7.02. The highest BCUT2D eigenvalue weighted by atomic mass is 32.2. The van der Waals surface area contributed by atoms with Crippen LogP contribution < -0.4 is 10.5 Å². The number of benzene rings is 1. The molecule has 6 nitrogen and oxygen atoms in total. The lowest BCUT2D eigenvalue weighted by Gasteiger charge is -2.16. The molecule has 7 heteroatoms. The summed E-state index contributed by atoms with van der Waals surface area (Å²) in [5, 5.41) is 0. The number of primary amides is 1. The average Bonchev–Trinajstić information content (AvgIpc) is 2.89. The number of amides is 1. The first-order chi connectivity index (χ1) is 8.95. The third-order valence-electron chi connectivity index (χ3n) is 2.90. The van der Waals surface area contributed by atoms with Gasteiger partial charge in [-0.1, -0.05) is 6.08 Å². The molecule has 0 aromatic heterocycles. The van der Waals surface area contributed by atoms with E-state index in [-0.39, 0.29) is 18.0 Å². The highest BCUT2D eigenvalue weighted by Gasteiger charge is 2.29. The summed E-state index contributed by atoms with van der Waals surface area (Å²) in [6.45, 7) is 0.177. The van der Waals surface area contributed by atoms with Crippen molar-refractivity contribution in [3.8, 4) is 5.75 Å². The van der Waals surface area contributed by atoms with Gasteiger partial charge in [0.05, 0.1) is 12.0 Å². The van der Waals surface area contributed by atoms with Crippen molar-refractivity contribution in [2.45, 2.75) is 4.90 Å². The fraction of sp³-hybridized carbons (Fsp3) is 0.250. The quantitative estimate of drug-likeness (QED) is 0.848. The number of hydrogen-bond donors (Lipinski definition) is 1. The first kappa shape index (κ1) is 13.6. The van der Waals surface area contributed by atoms with Gasteiger partial charge in [0.25, 0.3) is 0 Å². The average molecular weight is 282 g/mol. The number of nitrogens with zero attached hydrogens (tertiary/aromatic N) is 1. The van der Waals surface area contributed by atoms with Crippen LogP contribution in [0.3, 0.4) is 0 Å². The van der Waals surface area contributed by atoms with E-state index in [1.54, 1.807) is 12.1 Å². The van der Waals surface area contributed by atoms with E-state index in [4.69, 9.17) is 10.5 Å². The molecule has 0 saturated carbocycles. The Balaban J connectivity index is 2.22. The Morgan fingerprint density at radius 3 is 2.42 bits per heavy atom. The van der Waals surface area contributed by atoms with Gasteiger partial charge in [0.1, 0.15) is 5.75 Å². The van der Waals surface area contributed by atoms with Crippen molar-refractivity contribution in [2.24, 2.45) is 5.73 Å². The molecule has 102 valence electrons. The summed E-state index contributed by atoms with van der Waals surface area (Å²) < 4.78 is 30.8. The van der Waals surface area contributed by atoms with Crippen LogP contribution in [0, 0.1) is 0 Å². The van der Waals surface area contributed by atoms with Gasteiger partial charge in [0.15, 0.2) is 0 Å². The SMILES string of the molecule is COc1ccc(S(=O)(=O)N2CC=C(C(N)=O)C2)cc1. The Bertz CT molecular complexity index is 620. The van der Waals surface area contributed by atoms with Gasteiger partial charge < -0.3 is 10.5 Å². The summed E-state index contributed by atoms with van der Waals surface area (Å²) >= 11 is 0. The fourth-order valence-electron chi connectivity index (χ4n) is 1.79. The minimum absolute atomic E-state index is 0.0176. The van der Waals surface area contributed by atoms with Gasteiger partial charge in [-0.05, 0) is 24.3 Å². The van der Waals surface area contributed by atoms with Crippen molar-refractivity contribution in [1.29, 1.82) is 0 Å². The molecule has 2 N–H and O–H groups in total. The Labute approximate surface area is 111 Å². The number of hydrogen-bond acceptors (Lipinski definition) is 4. The second-order valence-electron chi connectivity index (χ2n) is 4.07. The van der Waals surface area contributed by atoms with E-state index in [0.29, 0.717) is 11.3 Å². The summed E-state index contributed by atoms with van der Waals surface area (Å²) in [4.78, 5) is 11.2. The van der Waals surface area contributed by atoms with E-state index in [2.05, 4.69) is 0 Å². The number of rotatable bonds is 4. The maximum Gasteiger partial charge on any atom is 0.245 e. The van der Waals surface area contributed by atoms with Gasteiger partial charge in [0, 0.05) is 18.7 Å². The molecule has 0 fully saturated rings. The van der Waals surface area contributed by atoms with E-state index >= 15 is 0 Å². The normalized spacial score (nSPS) is 16.2. The Hall–Kier alpha value is -1.86. The van der Waals surface area contributed by atoms with E-state index < -0.39 is 15.9 Å². The Kier molecular flexibility index (Phi) is 3.59. The van der Waals surface area contributed by atoms with E-state index in [1.807, 2.05) is 0 Å². The molecule has 0 bridgehead atoms. The monoisotopic (exact) mass is 282 g/mol. The van der Waals surface area contributed by atoms with Gasteiger partial charge in [-0.3, -0.25) is 4.79 Å². The molecule has 0 saturated heterocycles. The second kappa shape index (κ2) is 5.02. The predicted molar refractivity (Wildman–Crippen MR) is 69.0 cm³/mol. The molecule has 1 aliphatic heterocycles. The molecule has 1 aromatic rings. The van der Waals surface area contributed by atoms with Gasteiger partial charge >= 0.3 is 0 Å². The van der Waals surface area contributed by atoms with Crippen LogP contribution in [-0.4, -0.2) is 38.8 Å². The summed E-state index contributed by atoms with van der Waals surface area (Å²) in [7, 11) is -2.11. The van der Waals surface area contributed by atoms with Crippen LogP contribution in [0.5, 0.6) is 5.75 Å². The van der Waals surface area contributed by atoms with Crippen molar-refractivity contribution in [1.82, 2.24) is 4.31 Å². The molecule has 0 atom stereocenters. The van der Waals surface area contributed by atoms with Crippen LogP contribution in [0.1, 0.15) is 0 Å². The molecule has 0 spiro atoms. The van der Waals surface area contributed by atoms with Crippen LogP contribution in [0.2, 0.25) is 0 Å². The largest absolute Gasteiger partial charge is 0.497 e. The smallest absolute Gasteiger partial charge is 0.245 e. The molecule has 0 aliphatic carbocycles. The summed E-state index contributed by atoms with van der Waals surface area (Å²) in [6, 6.07) is 6.09. The molecule has 1 heterocycles. The number of carbonyl (C=O) groups excluding carboxylic acids is 1. The van der Waals surface area contributed by atoms with Crippen molar-refractivity contribution in [3.05, 3.63) is 35.9 Å². The van der Waals surface area contributed by atoms with Crippen molar-refractivity contribution in [2.75, 3.05) is 20.2 Å². The number of methoxy groups -OCH3 is 1. The number of nitrogens with two attached hydrogens (primary N) is 1. The maximum atomic E-state index is 12.3. The minimum Gasteiger partial charge on any atom is -0.497 e. The van der Waals surface area contributed by atoms with Crippen molar-refractivity contribution < 1.29 is 17.9 Å². The lowest BCUT2D eigenvalue weighted by molar-refractivity contribution is -0.114. The first-order valence-electron chi connectivity index (χ1n) is 5.58. The highest BCUT2D eigenvalue weighted by Crippen LogP contribution is 2.22. The van der Waals surface area contributed by atoms with E-state index in [9.17, 15) is 13.2 Å². The van der Waals surface area contributed by atoms with Crippen LogP contribution in [0.25, 0.3) is 0 Å². The van der Waals surface area contributed by atoms with E-state index in [1.165, 1.54) is 29.6 Å². The molecular formula is C12H14N2O4S. The molecule has 2 rings (SSSR count). The zero-order valence-electron chi connectivity index (χ0n) is 10.4. The number of carbonyl (C=O) groups is 1. The Morgan fingerprint density at radius 1 is 1.32 bits per heavy atom. The fourth-order valence-corrected chi connectivity index (χ4v) is 3.15. The van der Waals surface area contributed by atoms with Gasteiger partial charge in [-0.25, -0.2) is 8.42 Å². The predicted octanol–water partition coefficient (Wildman–Crippen LogP) is 0.111. The standard InChI is InChI=1S/C12H14N2O4S/c1-18-10-2-4-11(5-3-10)19(16,17)14-7-6-9(8-14)12(13)15/h2-6H,7-8H2,1H3,(H2,13,15). The lowest BCUT2D eigenvalue weighted by atomic mass is 10.3. The third kappa shape index (κ3) is 2.61. The minimum atomic E-state index is -3.61. The zero-order valence-corrected chi connectivity index (χ0v) is 11.2. The van der Waals surface area contributed by atoms with Crippen LogP contribution in [0.15, 0.2) is 40.8 Å². The molecule has 1 aromatic carbocycles. The van der Waals surface area contributed by atoms with Crippen molar-refractivity contribution in [3.63, 3.8) is 0 Å². The van der Waals surface area contributed by atoms with Crippen LogP contribution >= 0.6 is 0 Å². The zero-order chi connectivity index (χ0) is 14.0. The summed E-state index contributed by atoms with van der Waals surface area (Å²) in [6.07, 6.45) is 1.53. The van der Waals surface area contributed by atoms with Gasteiger partial charge in [-0.2, -0.15) is 4.31 Å². The molecular weight excluding hydrogens is 268 g/mol. The van der Waals surface area contributed by atoms with Gasteiger partial charge in [-0.15, -0.1) is 0 Å².